The van der Waals surface area contributed by atoms with Crippen LogP contribution in [-0.2, 0) is 18.3 Å². The van der Waals surface area contributed by atoms with Crippen LogP contribution in [0, 0.1) is 0 Å². The molecule has 0 spiro atoms. The maximum atomic E-state index is 11.8. The van der Waals surface area contributed by atoms with Crippen LogP contribution in [0.4, 0.5) is 5.13 Å². The number of rotatable bonds is 6. The zero-order chi connectivity index (χ0) is 15.4. The van der Waals surface area contributed by atoms with Gasteiger partial charge in [0.1, 0.15) is 10.7 Å². The molecule has 0 atom stereocenters. The van der Waals surface area contributed by atoms with Crippen LogP contribution < -0.4 is 5.32 Å². The van der Waals surface area contributed by atoms with E-state index in [1.165, 1.54) is 6.92 Å². The summed E-state index contributed by atoms with van der Waals surface area (Å²) in [5, 5.41) is 3.56. The summed E-state index contributed by atoms with van der Waals surface area (Å²) < 4.78 is 6.78. The van der Waals surface area contributed by atoms with E-state index in [4.69, 9.17) is 4.74 Å². The molecule has 1 N–H and O–H groups in total. The third-order valence-electron chi connectivity index (χ3n) is 2.73. The lowest BCUT2D eigenvalue weighted by Crippen LogP contribution is -2.10. The molecule has 2 aromatic heterocycles. The summed E-state index contributed by atoms with van der Waals surface area (Å²) in [4.78, 5) is 32.0. The SMILES string of the molecule is CCOC(=O)c1nc(NCc2nccn2C)sc1C(C)=O. The molecule has 0 radical (unpaired) electrons. The third kappa shape index (κ3) is 3.46. The predicted octanol–water partition coefficient (Wildman–Crippen LogP) is 1.87. The van der Waals surface area contributed by atoms with Gasteiger partial charge in [-0.1, -0.05) is 11.3 Å². The van der Waals surface area contributed by atoms with E-state index in [1.54, 1.807) is 13.1 Å². The number of ketones is 1. The van der Waals surface area contributed by atoms with Crippen LogP contribution in [0.15, 0.2) is 12.4 Å². The molecule has 0 amide bonds. The number of esters is 1. The first-order valence-corrected chi connectivity index (χ1v) is 7.23. The molecule has 0 fully saturated rings. The van der Waals surface area contributed by atoms with Gasteiger partial charge in [-0.2, -0.15) is 0 Å². The maximum absolute atomic E-state index is 11.8. The molecule has 112 valence electrons. The molecule has 0 saturated carbocycles. The van der Waals surface area contributed by atoms with Crippen LogP contribution in [0.2, 0.25) is 0 Å². The van der Waals surface area contributed by atoms with Crippen LogP contribution >= 0.6 is 11.3 Å². The van der Waals surface area contributed by atoms with E-state index in [0.29, 0.717) is 16.6 Å². The normalized spacial score (nSPS) is 10.4. The number of thiazole rings is 1. The largest absolute Gasteiger partial charge is 0.461 e. The number of imidazole rings is 1. The van der Waals surface area contributed by atoms with Gasteiger partial charge >= 0.3 is 5.97 Å². The molecule has 0 aromatic carbocycles. The van der Waals surface area contributed by atoms with Crippen molar-refractivity contribution in [3.05, 3.63) is 28.8 Å². The Kier molecular flexibility index (Phi) is 4.69. The van der Waals surface area contributed by atoms with Gasteiger partial charge in [0, 0.05) is 26.4 Å². The highest BCUT2D eigenvalue weighted by atomic mass is 32.1. The van der Waals surface area contributed by atoms with Gasteiger partial charge in [-0.05, 0) is 6.92 Å². The van der Waals surface area contributed by atoms with Crippen LogP contribution in [0.3, 0.4) is 0 Å². The van der Waals surface area contributed by atoms with Crippen LogP contribution in [0.25, 0.3) is 0 Å². The van der Waals surface area contributed by atoms with Crippen molar-refractivity contribution in [3.8, 4) is 0 Å². The Bertz CT molecular complexity index is 662. The predicted molar refractivity (Wildman–Crippen MR) is 78.6 cm³/mol. The average molecular weight is 308 g/mol. The minimum Gasteiger partial charge on any atom is -0.461 e. The Hall–Kier alpha value is -2.22. The smallest absolute Gasteiger partial charge is 0.358 e. The first kappa shape index (κ1) is 15.2. The molecule has 8 heteroatoms. The number of aryl methyl sites for hydroxylation is 1. The second-order valence-corrected chi connectivity index (χ2v) is 5.28. The van der Waals surface area contributed by atoms with Gasteiger partial charge in [0.05, 0.1) is 13.2 Å². The van der Waals surface area contributed by atoms with Gasteiger partial charge in [-0.25, -0.2) is 14.8 Å². The molecule has 2 heterocycles. The van der Waals surface area contributed by atoms with E-state index >= 15 is 0 Å². The molecule has 2 aromatic rings. The summed E-state index contributed by atoms with van der Waals surface area (Å²) in [6.07, 6.45) is 3.54. The molecule has 7 nitrogen and oxygen atoms in total. The lowest BCUT2D eigenvalue weighted by molar-refractivity contribution is 0.0517. The average Bonchev–Trinajstić information content (AvgIpc) is 3.03. The lowest BCUT2D eigenvalue weighted by Gasteiger charge is -2.02. The lowest BCUT2D eigenvalue weighted by atomic mass is 10.3. The number of hydrogen-bond acceptors (Lipinski definition) is 7. The van der Waals surface area contributed by atoms with Gasteiger partial charge in [0.25, 0.3) is 0 Å². The summed E-state index contributed by atoms with van der Waals surface area (Å²) in [7, 11) is 1.89. The number of anilines is 1. The molecule has 21 heavy (non-hydrogen) atoms. The Labute approximate surface area is 126 Å². The summed E-state index contributed by atoms with van der Waals surface area (Å²) in [6, 6.07) is 0. The van der Waals surface area contributed by atoms with E-state index < -0.39 is 5.97 Å². The molecule has 0 aliphatic carbocycles. The summed E-state index contributed by atoms with van der Waals surface area (Å²) in [5.74, 6) is 0.0387. The van der Waals surface area contributed by atoms with Gasteiger partial charge < -0.3 is 14.6 Å². The van der Waals surface area contributed by atoms with Crippen molar-refractivity contribution in [2.24, 2.45) is 7.05 Å². The fourth-order valence-corrected chi connectivity index (χ4v) is 2.54. The van der Waals surface area contributed by atoms with Crippen molar-refractivity contribution in [3.63, 3.8) is 0 Å². The van der Waals surface area contributed by atoms with Crippen LogP contribution in [-0.4, -0.2) is 32.9 Å². The number of nitrogens with one attached hydrogen (secondary N) is 1. The molecule has 0 aliphatic rings. The fourth-order valence-electron chi connectivity index (χ4n) is 1.69. The van der Waals surface area contributed by atoms with E-state index in [1.807, 2.05) is 17.8 Å². The number of aromatic nitrogens is 3. The Morgan fingerprint density at radius 1 is 1.48 bits per heavy atom. The highest BCUT2D eigenvalue weighted by molar-refractivity contribution is 7.17. The molecule has 0 aliphatic heterocycles. The van der Waals surface area contributed by atoms with E-state index in [-0.39, 0.29) is 18.1 Å². The third-order valence-corrected chi connectivity index (χ3v) is 3.85. The van der Waals surface area contributed by atoms with Crippen molar-refractivity contribution in [2.75, 3.05) is 11.9 Å². The number of carbonyl (C=O) groups is 2. The van der Waals surface area contributed by atoms with Crippen molar-refractivity contribution >= 4 is 28.2 Å². The van der Waals surface area contributed by atoms with Gasteiger partial charge in [-0.15, -0.1) is 0 Å². The van der Waals surface area contributed by atoms with E-state index in [9.17, 15) is 9.59 Å². The summed E-state index contributed by atoms with van der Waals surface area (Å²) >= 11 is 1.14. The standard InChI is InChI=1S/C13H16N4O3S/c1-4-20-12(19)10-11(8(2)18)21-13(16-10)15-7-9-14-5-6-17(9)3/h5-6H,4,7H2,1-3H3,(H,15,16). The maximum Gasteiger partial charge on any atom is 0.358 e. The second kappa shape index (κ2) is 6.49. The fraction of sp³-hybridized carbons (Fsp3) is 0.385. The highest BCUT2D eigenvalue weighted by Crippen LogP contribution is 2.24. The Morgan fingerprint density at radius 3 is 2.81 bits per heavy atom. The molecular weight excluding hydrogens is 292 g/mol. The molecule has 0 saturated heterocycles. The van der Waals surface area contributed by atoms with E-state index in [2.05, 4.69) is 15.3 Å². The zero-order valence-electron chi connectivity index (χ0n) is 12.0. The second-order valence-electron chi connectivity index (χ2n) is 4.28. The van der Waals surface area contributed by atoms with Crippen LogP contribution in [0.5, 0.6) is 0 Å². The van der Waals surface area contributed by atoms with Crippen molar-refractivity contribution in [1.29, 1.82) is 0 Å². The first-order chi connectivity index (χ1) is 10.0. The van der Waals surface area contributed by atoms with Crippen LogP contribution in [0.1, 0.15) is 39.8 Å². The molecule has 2 rings (SSSR count). The van der Waals surface area contributed by atoms with E-state index in [0.717, 1.165) is 17.2 Å². The topological polar surface area (TPSA) is 86.1 Å². The summed E-state index contributed by atoms with van der Waals surface area (Å²) in [6.45, 7) is 3.80. The molecular formula is C13H16N4O3S. The highest BCUT2D eigenvalue weighted by Gasteiger charge is 2.22. The van der Waals surface area contributed by atoms with Gasteiger partial charge in [0.2, 0.25) is 0 Å². The van der Waals surface area contributed by atoms with Crippen molar-refractivity contribution < 1.29 is 14.3 Å². The van der Waals surface area contributed by atoms with Gasteiger partial charge in [-0.3, -0.25) is 4.79 Å². The number of ether oxygens (including phenoxy) is 1. The van der Waals surface area contributed by atoms with Crippen molar-refractivity contribution in [1.82, 2.24) is 14.5 Å². The Morgan fingerprint density at radius 2 is 2.24 bits per heavy atom. The molecule has 0 unspecified atom stereocenters. The quantitative estimate of drug-likeness (QED) is 0.647. The number of Topliss-reactive ketones (excluding diaryl/α,β-unsaturated/α-hetero) is 1. The van der Waals surface area contributed by atoms with Crippen molar-refractivity contribution in [2.45, 2.75) is 20.4 Å². The summed E-state index contributed by atoms with van der Waals surface area (Å²) in [5.41, 5.74) is 0.0664. The first-order valence-electron chi connectivity index (χ1n) is 6.41. The monoisotopic (exact) mass is 308 g/mol. The minimum absolute atomic E-state index is 0.0664. The van der Waals surface area contributed by atoms with Gasteiger partial charge in [0.15, 0.2) is 16.6 Å². The molecule has 0 bridgehead atoms. The number of carbonyl (C=O) groups excluding carboxylic acids is 2. The zero-order valence-corrected chi connectivity index (χ0v) is 12.9. The number of hydrogen-bond donors (Lipinski definition) is 1. The minimum atomic E-state index is -0.580. The Balaban J connectivity index is 2.17. The number of nitrogens with zero attached hydrogens (tertiary/aromatic N) is 3.